The fourth-order valence-corrected chi connectivity index (χ4v) is 2.28. The van der Waals surface area contributed by atoms with Crippen LogP contribution in [0.1, 0.15) is 6.42 Å². The number of pyridine rings is 1. The molecule has 0 aliphatic carbocycles. The first-order valence-electron chi connectivity index (χ1n) is 7.11. The molecule has 9 heteroatoms. The summed E-state index contributed by atoms with van der Waals surface area (Å²) in [5.41, 5.74) is 0.452. The Hall–Kier alpha value is -2.68. The van der Waals surface area contributed by atoms with Crippen LogP contribution in [0.3, 0.4) is 0 Å². The Kier molecular flexibility index (Phi) is 4.10. The predicted molar refractivity (Wildman–Crippen MR) is 79.4 cm³/mol. The predicted octanol–water partition coefficient (Wildman–Crippen LogP) is 1.87. The molecule has 126 valence electrons. The van der Waals surface area contributed by atoms with Gasteiger partial charge in [-0.05, 0) is 12.1 Å². The molecule has 6 nitrogen and oxygen atoms in total. The second-order valence-corrected chi connectivity index (χ2v) is 5.20. The standard InChI is InChI=1S/C15H13F3N4O2/c16-15(17,18)12(23)4-6-21-7-8-22-13(24)9-11(20-14(21)22)10-3-1-2-5-19-10/h1-3,5,7-9,12,23H,4,6H2/t12-/m1/s1. The van der Waals surface area contributed by atoms with Gasteiger partial charge in [0, 0.05) is 37.6 Å². The molecule has 1 atom stereocenters. The number of hydrogen-bond donors (Lipinski definition) is 1. The monoisotopic (exact) mass is 338 g/mol. The van der Waals surface area contributed by atoms with Gasteiger partial charge in [0.2, 0.25) is 5.78 Å². The summed E-state index contributed by atoms with van der Waals surface area (Å²) in [7, 11) is 0. The molecule has 3 aromatic heterocycles. The van der Waals surface area contributed by atoms with E-state index < -0.39 is 18.7 Å². The van der Waals surface area contributed by atoms with Crippen LogP contribution >= 0.6 is 0 Å². The van der Waals surface area contributed by atoms with Crippen molar-refractivity contribution in [2.75, 3.05) is 0 Å². The number of rotatable bonds is 4. The number of aryl methyl sites for hydroxylation is 1. The Bertz CT molecular complexity index is 902. The van der Waals surface area contributed by atoms with E-state index in [-0.39, 0.29) is 17.9 Å². The van der Waals surface area contributed by atoms with Crippen LogP contribution < -0.4 is 5.56 Å². The second kappa shape index (κ2) is 6.08. The highest BCUT2D eigenvalue weighted by molar-refractivity contribution is 5.55. The number of nitrogens with zero attached hydrogens (tertiary/aromatic N) is 4. The fraction of sp³-hybridized carbons (Fsp3) is 0.267. The van der Waals surface area contributed by atoms with E-state index >= 15 is 0 Å². The van der Waals surface area contributed by atoms with Crippen LogP contribution in [0.25, 0.3) is 17.2 Å². The molecule has 0 aliphatic rings. The molecule has 1 N–H and O–H groups in total. The summed E-state index contributed by atoms with van der Waals surface area (Å²) < 4.78 is 39.8. The Morgan fingerprint density at radius 2 is 2.00 bits per heavy atom. The van der Waals surface area contributed by atoms with Crippen LogP contribution in [0.4, 0.5) is 13.2 Å². The Balaban J connectivity index is 1.96. The minimum Gasteiger partial charge on any atom is -0.384 e. The van der Waals surface area contributed by atoms with Gasteiger partial charge < -0.3 is 9.67 Å². The van der Waals surface area contributed by atoms with Gasteiger partial charge in [-0.2, -0.15) is 13.2 Å². The molecule has 0 radical (unpaired) electrons. The SMILES string of the molecule is O=c1cc(-c2ccccn2)nc2n(CC[C@@H](O)C(F)(F)F)ccn12. The highest BCUT2D eigenvalue weighted by atomic mass is 19.4. The lowest BCUT2D eigenvalue weighted by Crippen LogP contribution is -2.29. The molecule has 0 unspecified atom stereocenters. The summed E-state index contributed by atoms with van der Waals surface area (Å²) in [4.78, 5) is 20.6. The van der Waals surface area contributed by atoms with Gasteiger partial charge in [0.05, 0.1) is 11.4 Å². The van der Waals surface area contributed by atoms with E-state index in [4.69, 9.17) is 5.11 Å². The number of hydrogen-bond acceptors (Lipinski definition) is 4. The van der Waals surface area contributed by atoms with Gasteiger partial charge in [0.15, 0.2) is 6.10 Å². The molecular weight excluding hydrogens is 325 g/mol. The summed E-state index contributed by atoms with van der Waals surface area (Å²) >= 11 is 0. The van der Waals surface area contributed by atoms with Crippen LogP contribution in [0.5, 0.6) is 0 Å². The van der Waals surface area contributed by atoms with Crippen molar-refractivity contribution < 1.29 is 18.3 Å². The topological polar surface area (TPSA) is 72.4 Å². The summed E-state index contributed by atoms with van der Waals surface area (Å²) in [5, 5.41) is 9.11. The molecule has 3 aromatic rings. The van der Waals surface area contributed by atoms with E-state index in [1.165, 1.54) is 27.4 Å². The highest BCUT2D eigenvalue weighted by Crippen LogP contribution is 2.23. The molecule has 3 heterocycles. The largest absolute Gasteiger partial charge is 0.414 e. The first-order valence-corrected chi connectivity index (χ1v) is 7.11. The summed E-state index contributed by atoms with van der Waals surface area (Å²) in [5.74, 6) is 0.192. The lowest BCUT2D eigenvalue weighted by atomic mass is 10.2. The summed E-state index contributed by atoms with van der Waals surface area (Å²) in [6, 6.07) is 6.45. The average Bonchev–Trinajstić information content (AvgIpc) is 2.96. The normalized spacial score (nSPS) is 13.3. The van der Waals surface area contributed by atoms with Crippen molar-refractivity contribution in [3.05, 3.63) is 53.2 Å². The Morgan fingerprint density at radius 1 is 1.21 bits per heavy atom. The van der Waals surface area contributed by atoms with Crippen molar-refractivity contribution in [2.24, 2.45) is 0 Å². The lowest BCUT2D eigenvalue weighted by molar-refractivity contribution is -0.206. The van der Waals surface area contributed by atoms with E-state index in [0.29, 0.717) is 11.4 Å². The summed E-state index contributed by atoms with van der Waals surface area (Å²) in [6.45, 7) is -0.130. The van der Waals surface area contributed by atoms with Gasteiger partial charge in [-0.25, -0.2) is 4.98 Å². The van der Waals surface area contributed by atoms with Crippen LogP contribution in [0, 0.1) is 0 Å². The minimum atomic E-state index is -4.67. The molecule has 0 amide bonds. The van der Waals surface area contributed by atoms with E-state index in [9.17, 15) is 18.0 Å². The number of alkyl halides is 3. The van der Waals surface area contributed by atoms with Gasteiger partial charge >= 0.3 is 6.18 Å². The van der Waals surface area contributed by atoms with E-state index in [1.807, 2.05) is 0 Å². The van der Waals surface area contributed by atoms with Crippen molar-refractivity contribution in [1.82, 2.24) is 18.9 Å². The molecule has 0 fully saturated rings. The van der Waals surface area contributed by atoms with Crippen molar-refractivity contribution >= 4 is 5.78 Å². The third-order valence-corrected chi connectivity index (χ3v) is 3.53. The zero-order valence-corrected chi connectivity index (χ0v) is 12.3. The second-order valence-electron chi connectivity index (χ2n) is 5.20. The van der Waals surface area contributed by atoms with E-state index in [2.05, 4.69) is 9.97 Å². The highest BCUT2D eigenvalue weighted by Gasteiger charge is 2.37. The smallest absolute Gasteiger partial charge is 0.384 e. The maximum absolute atomic E-state index is 12.4. The van der Waals surface area contributed by atoms with Crippen molar-refractivity contribution in [3.63, 3.8) is 0 Å². The molecular formula is C15H13F3N4O2. The molecule has 0 saturated heterocycles. The quantitative estimate of drug-likeness (QED) is 0.788. The summed E-state index contributed by atoms with van der Waals surface area (Å²) in [6.07, 6.45) is -3.20. The van der Waals surface area contributed by atoms with Gasteiger partial charge in [-0.1, -0.05) is 6.07 Å². The van der Waals surface area contributed by atoms with Gasteiger partial charge in [-0.3, -0.25) is 14.2 Å². The molecule has 0 spiro atoms. The fourth-order valence-electron chi connectivity index (χ4n) is 2.28. The number of aliphatic hydroxyl groups excluding tert-OH is 1. The first-order chi connectivity index (χ1) is 11.4. The van der Waals surface area contributed by atoms with Crippen LogP contribution in [-0.4, -0.2) is 36.3 Å². The third-order valence-electron chi connectivity index (χ3n) is 3.53. The Morgan fingerprint density at radius 3 is 2.67 bits per heavy atom. The zero-order valence-electron chi connectivity index (χ0n) is 12.3. The number of aromatic nitrogens is 4. The molecule has 0 aliphatic heterocycles. The van der Waals surface area contributed by atoms with Crippen LogP contribution in [-0.2, 0) is 6.54 Å². The molecule has 0 bridgehead atoms. The average molecular weight is 338 g/mol. The van der Waals surface area contributed by atoms with Crippen molar-refractivity contribution in [1.29, 1.82) is 0 Å². The van der Waals surface area contributed by atoms with Gasteiger partial charge in [0.25, 0.3) is 5.56 Å². The molecule has 0 aromatic carbocycles. The maximum Gasteiger partial charge on any atom is 0.414 e. The maximum atomic E-state index is 12.4. The van der Waals surface area contributed by atoms with Gasteiger partial charge in [0.1, 0.15) is 0 Å². The first kappa shape index (κ1) is 16.2. The third kappa shape index (κ3) is 3.16. The number of halogens is 3. The van der Waals surface area contributed by atoms with Crippen LogP contribution in [0.15, 0.2) is 47.7 Å². The number of aliphatic hydroxyl groups is 1. The van der Waals surface area contributed by atoms with Crippen molar-refractivity contribution in [3.8, 4) is 11.4 Å². The molecule has 3 rings (SSSR count). The number of fused-ring (bicyclic) bond motifs is 1. The van der Waals surface area contributed by atoms with Crippen LogP contribution in [0.2, 0.25) is 0 Å². The van der Waals surface area contributed by atoms with Crippen molar-refractivity contribution in [2.45, 2.75) is 25.2 Å². The van der Waals surface area contributed by atoms with E-state index in [1.54, 1.807) is 24.4 Å². The molecule has 24 heavy (non-hydrogen) atoms. The lowest BCUT2D eigenvalue weighted by Gasteiger charge is -2.14. The Labute approximate surface area is 133 Å². The number of imidazole rings is 1. The molecule has 0 saturated carbocycles. The van der Waals surface area contributed by atoms with E-state index in [0.717, 1.165) is 0 Å². The van der Waals surface area contributed by atoms with Gasteiger partial charge in [-0.15, -0.1) is 0 Å². The zero-order chi connectivity index (χ0) is 17.3. The minimum absolute atomic E-state index is 0.130.